The lowest BCUT2D eigenvalue weighted by Crippen LogP contribution is -2.25. The van der Waals surface area contributed by atoms with Crippen LogP contribution in [0.3, 0.4) is 0 Å². The van der Waals surface area contributed by atoms with E-state index in [-0.39, 0.29) is 16.4 Å². The number of anilines is 1. The van der Waals surface area contributed by atoms with Crippen molar-refractivity contribution in [3.63, 3.8) is 0 Å². The largest absolute Gasteiger partial charge is 0.347 e. The first-order valence-corrected chi connectivity index (χ1v) is 9.19. The summed E-state index contributed by atoms with van der Waals surface area (Å²) in [6, 6.07) is 8.32. The van der Waals surface area contributed by atoms with Crippen molar-refractivity contribution in [1.82, 2.24) is 10.2 Å². The highest BCUT2D eigenvalue weighted by atomic mass is 32.2. The third-order valence-corrected chi connectivity index (χ3v) is 6.17. The SMILES string of the molecule is CC(Sc1nncs1)C(=O)C=C1N(C)c2ccccc2C1(C)C. The van der Waals surface area contributed by atoms with Gasteiger partial charge in [0.15, 0.2) is 10.1 Å². The zero-order chi connectivity index (χ0) is 16.6. The number of carbonyl (C=O) groups excluding carboxylic acids is 1. The monoisotopic (exact) mass is 345 g/mol. The summed E-state index contributed by atoms with van der Waals surface area (Å²) in [4.78, 5) is 14.8. The van der Waals surface area contributed by atoms with Crippen LogP contribution in [0.5, 0.6) is 0 Å². The van der Waals surface area contributed by atoms with Crippen molar-refractivity contribution in [2.45, 2.75) is 35.8 Å². The molecular formula is C17H19N3OS2. The number of para-hydroxylation sites is 1. The van der Waals surface area contributed by atoms with E-state index in [0.717, 1.165) is 10.0 Å². The molecule has 120 valence electrons. The molecule has 0 aliphatic carbocycles. The van der Waals surface area contributed by atoms with Gasteiger partial charge in [-0.15, -0.1) is 10.2 Å². The molecule has 0 amide bonds. The van der Waals surface area contributed by atoms with Crippen LogP contribution in [0.2, 0.25) is 0 Å². The zero-order valence-electron chi connectivity index (χ0n) is 13.6. The molecular weight excluding hydrogens is 326 g/mol. The fourth-order valence-electron chi connectivity index (χ4n) is 2.93. The van der Waals surface area contributed by atoms with Gasteiger partial charge in [-0.25, -0.2) is 0 Å². The van der Waals surface area contributed by atoms with Gasteiger partial charge in [-0.05, 0) is 18.6 Å². The molecule has 4 nitrogen and oxygen atoms in total. The number of nitrogens with zero attached hydrogens (tertiary/aromatic N) is 3. The van der Waals surface area contributed by atoms with Crippen molar-refractivity contribution in [1.29, 1.82) is 0 Å². The molecule has 0 fully saturated rings. The van der Waals surface area contributed by atoms with Gasteiger partial charge in [0, 0.05) is 29.9 Å². The van der Waals surface area contributed by atoms with Crippen LogP contribution < -0.4 is 4.90 Å². The summed E-state index contributed by atoms with van der Waals surface area (Å²) in [5.41, 5.74) is 4.97. The van der Waals surface area contributed by atoms with Gasteiger partial charge >= 0.3 is 0 Å². The minimum atomic E-state index is -0.177. The third-order valence-electron chi connectivity index (χ3n) is 4.24. The molecule has 6 heteroatoms. The van der Waals surface area contributed by atoms with Crippen LogP contribution in [0, 0.1) is 0 Å². The maximum atomic E-state index is 12.6. The predicted octanol–water partition coefficient (Wildman–Crippen LogP) is 3.90. The minimum Gasteiger partial charge on any atom is -0.347 e. The number of aromatic nitrogens is 2. The number of fused-ring (bicyclic) bond motifs is 1. The topological polar surface area (TPSA) is 46.1 Å². The lowest BCUT2D eigenvalue weighted by atomic mass is 9.83. The summed E-state index contributed by atoms with van der Waals surface area (Å²) in [5, 5.41) is 7.63. The molecule has 1 aliphatic rings. The Morgan fingerprint density at radius 3 is 2.78 bits per heavy atom. The minimum absolute atomic E-state index is 0.105. The Morgan fingerprint density at radius 2 is 2.13 bits per heavy atom. The van der Waals surface area contributed by atoms with Crippen LogP contribution in [-0.4, -0.2) is 28.3 Å². The number of hydrogen-bond donors (Lipinski definition) is 0. The van der Waals surface area contributed by atoms with Crippen LogP contribution >= 0.6 is 23.1 Å². The maximum absolute atomic E-state index is 12.6. The van der Waals surface area contributed by atoms with Crippen LogP contribution in [0.25, 0.3) is 0 Å². The molecule has 1 aromatic carbocycles. The molecule has 0 radical (unpaired) electrons. The standard InChI is InChI=1S/C17H19N3OS2/c1-11(23-16-19-18-10-22-16)14(21)9-15-17(2,3)12-7-5-6-8-13(12)20(15)4/h5-11H,1-4H3. The fraction of sp³-hybridized carbons (Fsp3) is 0.353. The number of ketones is 1. The van der Waals surface area contributed by atoms with E-state index in [0.29, 0.717) is 0 Å². The molecule has 2 aromatic rings. The molecule has 0 spiro atoms. The number of allylic oxidation sites excluding steroid dienone is 2. The molecule has 0 saturated heterocycles. The normalized spacial score (nSPS) is 19.0. The fourth-order valence-corrected chi connectivity index (χ4v) is 4.58. The number of hydrogen-bond acceptors (Lipinski definition) is 6. The van der Waals surface area contributed by atoms with Gasteiger partial charge in [0.05, 0.1) is 5.25 Å². The second-order valence-electron chi connectivity index (χ2n) is 6.10. The highest BCUT2D eigenvalue weighted by Gasteiger charge is 2.38. The van der Waals surface area contributed by atoms with Crippen LogP contribution in [-0.2, 0) is 10.2 Å². The van der Waals surface area contributed by atoms with E-state index >= 15 is 0 Å². The van der Waals surface area contributed by atoms with Crippen LogP contribution in [0.1, 0.15) is 26.3 Å². The Labute approximate surface area is 144 Å². The summed E-state index contributed by atoms with van der Waals surface area (Å²) in [6.07, 6.45) is 1.79. The molecule has 1 unspecified atom stereocenters. The van der Waals surface area contributed by atoms with Crippen molar-refractivity contribution in [2.75, 3.05) is 11.9 Å². The van der Waals surface area contributed by atoms with E-state index in [9.17, 15) is 4.79 Å². The van der Waals surface area contributed by atoms with Crippen LogP contribution in [0.4, 0.5) is 5.69 Å². The molecule has 1 aliphatic heterocycles. The Hall–Kier alpha value is -1.66. The predicted molar refractivity (Wildman–Crippen MR) is 96.2 cm³/mol. The van der Waals surface area contributed by atoms with Gasteiger partial charge < -0.3 is 4.90 Å². The van der Waals surface area contributed by atoms with Crippen molar-refractivity contribution in [2.24, 2.45) is 0 Å². The Balaban J connectivity index is 1.86. The van der Waals surface area contributed by atoms with Gasteiger partial charge in [-0.2, -0.15) is 0 Å². The van der Waals surface area contributed by atoms with E-state index in [1.807, 2.05) is 26.1 Å². The van der Waals surface area contributed by atoms with Crippen LogP contribution in [0.15, 0.2) is 45.9 Å². The van der Waals surface area contributed by atoms with Gasteiger partial charge in [0.2, 0.25) is 0 Å². The summed E-state index contributed by atoms with van der Waals surface area (Å²) in [5.74, 6) is 0.105. The first-order valence-electron chi connectivity index (χ1n) is 7.43. The van der Waals surface area contributed by atoms with E-state index < -0.39 is 0 Å². The maximum Gasteiger partial charge on any atom is 0.174 e. The highest BCUT2D eigenvalue weighted by Crippen LogP contribution is 2.46. The van der Waals surface area contributed by atoms with Crippen molar-refractivity contribution in [3.8, 4) is 0 Å². The lowest BCUT2D eigenvalue weighted by Gasteiger charge is -2.24. The average molecular weight is 345 g/mol. The first-order chi connectivity index (χ1) is 10.9. The number of carbonyl (C=O) groups is 1. The Kier molecular flexibility index (Phi) is 4.29. The van der Waals surface area contributed by atoms with E-state index in [2.05, 4.69) is 41.1 Å². The molecule has 23 heavy (non-hydrogen) atoms. The molecule has 3 rings (SSSR count). The summed E-state index contributed by atoms with van der Waals surface area (Å²) >= 11 is 2.92. The second-order valence-corrected chi connectivity index (χ2v) is 8.52. The molecule has 0 saturated carbocycles. The summed E-state index contributed by atoms with van der Waals surface area (Å²) in [7, 11) is 2.02. The van der Waals surface area contributed by atoms with E-state index in [1.165, 1.54) is 34.3 Å². The van der Waals surface area contributed by atoms with Crippen molar-refractivity contribution >= 4 is 34.6 Å². The lowest BCUT2D eigenvalue weighted by molar-refractivity contribution is -0.113. The van der Waals surface area contributed by atoms with E-state index in [1.54, 1.807) is 11.6 Å². The highest BCUT2D eigenvalue weighted by molar-refractivity contribution is 8.02. The number of benzene rings is 1. The Bertz CT molecular complexity index is 753. The first kappa shape index (κ1) is 16.2. The third kappa shape index (κ3) is 2.93. The Morgan fingerprint density at radius 1 is 1.39 bits per heavy atom. The smallest absolute Gasteiger partial charge is 0.174 e. The molecule has 0 bridgehead atoms. The van der Waals surface area contributed by atoms with Crippen molar-refractivity contribution in [3.05, 3.63) is 47.1 Å². The van der Waals surface area contributed by atoms with Gasteiger partial charge in [-0.3, -0.25) is 4.79 Å². The number of thioether (sulfide) groups is 1. The average Bonchev–Trinajstić information content (AvgIpc) is 3.09. The van der Waals surface area contributed by atoms with Gasteiger partial charge in [0.1, 0.15) is 5.51 Å². The second kappa shape index (κ2) is 6.09. The van der Waals surface area contributed by atoms with E-state index in [4.69, 9.17) is 0 Å². The number of rotatable bonds is 4. The molecule has 0 N–H and O–H groups in total. The van der Waals surface area contributed by atoms with Gasteiger partial charge in [-0.1, -0.05) is 55.1 Å². The molecule has 2 heterocycles. The molecule has 1 aromatic heterocycles. The number of likely N-dealkylation sites (N-methyl/N-ethyl adjacent to an activating group) is 1. The summed E-state index contributed by atoms with van der Waals surface area (Å²) in [6.45, 7) is 6.24. The van der Waals surface area contributed by atoms with Crippen molar-refractivity contribution < 1.29 is 4.79 Å². The summed E-state index contributed by atoms with van der Waals surface area (Å²) < 4.78 is 0.826. The quantitative estimate of drug-likeness (QED) is 0.621. The molecule has 1 atom stereocenters. The van der Waals surface area contributed by atoms with Gasteiger partial charge in [0.25, 0.3) is 0 Å². The zero-order valence-corrected chi connectivity index (χ0v) is 15.2.